The molecule has 0 bridgehead atoms. The van der Waals surface area contributed by atoms with Crippen LogP contribution in [0.4, 0.5) is 11.4 Å². The fourth-order valence-electron chi connectivity index (χ4n) is 4.37. The maximum Gasteiger partial charge on any atom is 0.256 e. The molecule has 5 heteroatoms. The summed E-state index contributed by atoms with van der Waals surface area (Å²) in [5.74, 6) is 0.0771. The second kappa shape index (κ2) is 8.87. The van der Waals surface area contributed by atoms with Crippen molar-refractivity contribution in [2.75, 3.05) is 37.3 Å². The number of benzene rings is 2. The SMILES string of the molecule is CC(C)N(c1cc(N)ccc1C(=O)N1CCN(C)CC1c1ccccc1)C(C)C. The molecule has 1 amide bonds. The van der Waals surface area contributed by atoms with E-state index in [1.807, 2.05) is 41.3 Å². The number of carbonyl (C=O) groups is 1. The molecule has 1 fully saturated rings. The summed E-state index contributed by atoms with van der Waals surface area (Å²) in [6.45, 7) is 11.0. The van der Waals surface area contributed by atoms with Crippen LogP contribution in [0.2, 0.25) is 0 Å². The first kappa shape index (κ1) is 21.2. The number of carbonyl (C=O) groups excluding carboxylic acids is 1. The normalized spacial score (nSPS) is 17.8. The smallest absolute Gasteiger partial charge is 0.256 e. The number of hydrogen-bond acceptors (Lipinski definition) is 4. The van der Waals surface area contributed by atoms with Gasteiger partial charge in [-0.25, -0.2) is 0 Å². The first-order valence-corrected chi connectivity index (χ1v) is 10.5. The number of amides is 1. The van der Waals surface area contributed by atoms with Gasteiger partial charge in [0.2, 0.25) is 0 Å². The number of anilines is 2. The molecule has 1 heterocycles. The van der Waals surface area contributed by atoms with Crippen LogP contribution in [0, 0.1) is 0 Å². The van der Waals surface area contributed by atoms with E-state index in [9.17, 15) is 4.79 Å². The summed E-state index contributed by atoms with van der Waals surface area (Å²) in [4.78, 5) is 20.4. The monoisotopic (exact) mass is 394 g/mol. The molecule has 0 aromatic heterocycles. The lowest BCUT2D eigenvalue weighted by molar-refractivity contribution is 0.0498. The average Bonchev–Trinajstić information content (AvgIpc) is 2.68. The van der Waals surface area contributed by atoms with Gasteiger partial charge < -0.3 is 20.4 Å². The summed E-state index contributed by atoms with van der Waals surface area (Å²) in [7, 11) is 2.12. The minimum Gasteiger partial charge on any atom is -0.399 e. The molecule has 1 aliphatic heterocycles. The molecule has 3 rings (SSSR count). The molecule has 2 N–H and O–H groups in total. The summed E-state index contributed by atoms with van der Waals surface area (Å²) in [6.07, 6.45) is 0. The van der Waals surface area contributed by atoms with Crippen LogP contribution in [0.3, 0.4) is 0 Å². The maximum absolute atomic E-state index is 13.8. The molecular weight excluding hydrogens is 360 g/mol. The lowest BCUT2D eigenvalue weighted by atomic mass is 10.00. The van der Waals surface area contributed by atoms with E-state index < -0.39 is 0 Å². The van der Waals surface area contributed by atoms with Gasteiger partial charge in [0.15, 0.2) is 0 Å². The van der Waals surface area contributed by atoms with Gasteiger partial charge in [0, 0.05) is 37.4 Å². The van der Waals surface area contributed by atoms with Gasteiger partial charge in [-0.1, -0.05) is 30.3 Å². The zero-order chi connectivity index (χ0) is 21.1. The summed E-state index contributed by atoms with van der Waals surface area (Å²) in [5.41, 5.74) is 9.63. The number of piperazine rings is 1. The molecule has 2 aromatic carbocycles. The van der Waals surface area contributed by atoms with Crippen LogP contribution in [0.25, 0.3) is 0 Å². The van der Waals surface area contributed by atoms with Crippen LogP contribution in [0.5, 0.6) is 0 Å². The number of nitrogen functional groups attached to an aromatic ring is 1. The van der Waals surface area contributed by atoms with E-state index in [0.29, 0.717) is 12.2 Å². The number of hydrogen-bond donors (Lipinski definition) is 1. The van der Waals surface area contributed by atoms with Crippen molar-refractivity contribution in [1.82, 2.24) is 9.80 Å². The second-order valence-corrected chi connectivity index (χ2v) is 8.56. The fraction of sp³-hybridized carbons (Fsp3) is 0.458. The first-order chi connectivity index (χ1) is 13.8. The Labute approximate surface area is 175 Å². The summed E-state index contributed by atoms with van der Waals surface area (Å²) in [5, 5.41) is 0. The predicted molar refractivity (Wildman–Crippen MR) is 121 cm³/mol. The Bertz CT molecular complexity index is 826. The molecule has 0 saturated carbocycles. The van der Waals surface area contributed by atoms with Crippen molar-refractivity contribution in [3.05, 3.63) is 59.7 Å². The largest absolute Gasteiger partial charge is 0.399 e. The van der Waals surface area contributed by atoms with Gasteiger partial charge in [0.25, 0.3) is 5.91 Å². The Morgan fingerprint density at radius 1 is 1.03 bits per heavy atom. The van der Waals surface area contributed by atoms with Crippen LogP contribution in [-0.2, 0) is 0 Å². The molecule has 0 radical (unpaired) electrons. The van der Waals surface area contributed by atoms with Crippen LogP contribution in [0.15, 0.2) is 48.5 Å². The predicted octanol–water partition coefficient (Wildman–Crippen LogP) is 4.02. The van der Waals surface area contributed by atoms with Crippen molar-refractivity contribution in [1.29, 1.82) is 0 Å². The van der Waals surface area contributed by atoms with Gasteiger partial charge in [0.05, 0.1) is 17.3 Å². The zero-order valence-electron chi connectivity index (χ0n) is 18.3. The van der Waals surface area contributed by atoms with E-state index in [-0.39, 0.29) is 24.0 Å². The highest BCUT2D eigenvalue weighted by Gasteiger charge is 2.33. The molecular formula is C24H34N4O. The van der Waals surface area contributed by atoms with E-state index in [0.717, 1.165) is 24.3 Å². The van der Waals surface area contributed by atoms with Gasteiger partial charge in [-0.05, 0) is 58.5 Å². The van der Waals surface area contributed by atoms with Crippen LogP contribution in [0.1, 0.15) is 49.7 Å². The van der Waals surface area contributed by atoms with Crippen molar-refractivity contribution in [3.63, 3.8) is 0 Å². The summed E-state index contributed by atoms with van der Waals surface area (Å²) >= 11 is 0. The number of nitrogens with zero attached hydrogens (tertiary/aromatic N) is 3. The summed E-state index contributed by atoms with van der Waals surface area (Å²) in [6, 6.07) is 16.6. The Balaban J connectivity index is 2.02. The molecule has 156 valence electrons. The lowest BCUT2D eigenvalue weighted by Gasteiger charge is -2.41. The second-order valence-electron chi connectivity index (χ2n) is 8.56. The average molecular weight is 395 g/mol. The third kappa shape index (κ3) is 4.56. The maximum atomic E-state index is 13.8. The molecule has 1 unspecified atom stereocenters. The van der Waals surface area contributed by atoms with Gasteiger partial charge in [-0.2, -0.15) is 0 Å². The minimum atomic E-state index is 0.0411. The highest BCUT2D eigenvalue weighted by atomic mass is 16.2. The highest BCUT2D eigenvalue weighted by Crippen LogP contribution is 2.32. The van der Waals surface area contributed by atoms with Gasteiger partial charge in [-0.3, -0.25) is 4.79 Å². The van der Waals surface area contributed by atoms with Crippen molar-refractivity contribution in [2.24, 2.45) is 0 Å². The molecule has 2 aromatic rings. The van der Waals surface area contributed by atoms with Gasteiger partial charge in [0.1, 0.15) is 0 Å². The summed E-state index contributed by atoms with van der Waals surface area (Å²) < 4.78 is 0. The Kier molecular flexibility index (Phi) is 6.48. The number of rotatable bonds is 5. The standard InChI is InChI=1S/C24H34N4O/c1-17(2)28(18(3)4)22-15-20(25)11-12-21(22)24(29)27-14-13-26(5)16-23(27)19-9-7-6-8-10-19/h6-12,15,17-18,23H,13-14,16,25H2,1-5H3. The van der Waals surface area contributed by atoms with Gasteiger partial charge >= 0.3 is 0 Å². The lowest BCUT2D eigenvalue weighted by Crippen LogP contribution is -2.49. The van der Waals surface area contributed by atoms with Crippen LogP contribution < -0.4 is 10.6 Å². The topological polar surface area (TPSA) is 52.8 Å². The Morgan fingerprint density at radius 2 is 1.69 bits per heavy atom. The highest BCUT2D eigenvalue weighted by molar-refractivity contribution is 6.01. The van der Waals surface area contributed by atoms with Crippen molar-refractivity contribution in [2.45, 2.75) is 45.8 Å². The third-order valence-electron chi connectivity index (χ3n) is 5.67. The van der Waals surface area contributed by atoms with E-state index in [1.165, 1.54) is 5.56 Å². The van der Waals surface area contributed by atoms with E-state index in [4.69, 9.17) is 5.73 Å². The molecule has 0 aliphatic carbocycles. The van der Waals surface area contributed by atoms with Crippen molar-refractivity contribution in [3.8, 4) is 0 Å². The van der Waals surface area contributed by atoms with Crippen molar-refractivity contribution < 1.29 is 4.79 Å². The Morgan fingerprint density at radius 3 is 2.31 bits per heavy atom. The molecule has 29 heavy (non-hydrogen) atoms. The van der Waals surface area contributed by atoms with Crippen LogP contribution in [-0.4, -0.2) is 54.5 Å². The fourth-order valence-corrected chi connectivity index (χ4v) is 4.37. The third-order valence-corrected chi connectivity index (χ3v) is 5.67. The molecule has 5 nitrogen and oxygen atoms in total. The quantitative estimate of drug-likeness (QED) is 0.778. The van der Waals surface area contributed by atoms with Gasteiger partial charge in [-0.15, -0.1) is 0 Å². The van der Waals surface area contributed by atoms with Crippen molar-refractivity contribution >= 4 is 17.3 Å². The van der Waals surface area contributed by atoms with Crippen LogP contribution >= 0.6 is 0 Å². The molecule has 1 aliphatic rings. The first-order valence-electron chi connectivity index (χ1n) is 10.5. The molecule has 0 spiro atoms. The number of likely N-dealkylation sites (N-methyl/N-ethyl adjacent to an activating group) is 1. The van der Waals surface area contributed by atoms with E-state index >= 15 is 0 Å². The van der Waals surface area contributed by atoms with E-state index in [1.54, 1.807) is 0 Å². The van der Waals surface area contributed by atoms with E-state index in [2.05, 4.69) is 56.7 Å². The molecule has 1 saturated heterocycles. The molecule has 1 atom stereocenters. The number of nitrogens with two attached hydrogens (primary N) is 1. The minimum absolute atomic E-state index is 0.0411. The zero-order valence-corrected chi connectivity index (χ0v) is 18.3. The Hall–Kier alpha value is -2.53.